The molecule has 2 saturated heterocycles. The molecule has 3 unspecified atom stereocenters. The van der Waals surface area contributed by atoms with E-state index in [0.717, 1.165) is 26.2 Å². The number of benzene rings is 1. The highest BCUT2D eigenvalue weighted by atomic mass is 16.6. The summed E-state index contributed by atoms with van der Waals surface area (Å²) >= 11 is 0. The number of piperidine rings is 2. The zero-order valence-corrected chi connectivity index (χ0v) is 14.4. The number of nitrogens with zero attached hydrogens (tertiary/aromatic N) is 1. The molecule has 0 aliphatic carbocycles. The van der Waals surface area contributed by atoms with Gasteiger partial charge < -0.3 is 15.0 Å². The van der Waals surface area contributed by atoms with Gasteiger partial charge in [0.15, 0.2) is 0 Å². The van der Waals surface area contributed by atoms with Crippen LogP contribution < -0.4 is 5.32 Å². The molecule has 0 saturated carbocycles. The van der Waals surface area contributed by atoms with Crippen molar-refractivity contribution in [2.45, 2.75) is 38.7 Å². The lowest BCUT2D eigenvalue weighted by Gasteiger charge is -2.46. The smallest absolute Gasteiger partial charge is 0.410 e. The van der Waals surface area contributed by atoms with Crippen LogP contribution in [0.25, 0.3) is 0 Å². The Morgan fingerprint density at radius 1 is 1.22 bits per heavy atom. The molecule has 2 aliphatic rings. The topological polar surface area (TPSA) is 41.6 Å². The van der Waals surface area contributed by atoms with Crippen molar-refractivity contribution in [3.05, 3.63) is 35.9 Å². The molecule has 1 amide bonds. The Balaban J connectivity index is 1.81. The molecule has 0 aromatic heterocycles. The summed E-state index contributed by atoms with van der Waals surface area (Å²) in [5, 5.41) is 3.48. The summed E-state index contributed by atoms with van der Waals surface area (Å²) < 4.78 is 5.61. The Morgan fingerprint density at radius 3 is 2.65 bits per heavy atom. The van der Waals surface area contributed by atoms with Gasteiger partial charge in [0.05, 0.1) is 0 Å². The third-order valence-corrected chi connectivity index (χ3v) is 4.93. The number of amides is 1. The summed E-state index contributed by atoms with van der Waals surface area (Å²) in [5.74, 6) is 1.57. The maximum absolute atomic E-state index is 12.5. The summed E-state index contributed by atoms with van der Waals surface area (Å²) in [6.07, 6.45) is 1.01. The first kappa shape index (κ1) is 16.3. The number of carbonyl (C=O) groups is 1. The van der Waals surface area contributed by atoms with Crippen molar-refractivity contribution in [1.82, 2.24) is 10.2 Å². The first-order chi connectivity index (χ1) is 10.9. The van der Waals surface area contributed by atoms with Gasteiger partial charge in [-0.05, 0) is 57.7 Å². The van der Waals surface area contributed by atoms with Crippen molar-refractivity contribution in [3.8, 4) is 0 Å². The molecule has 0 spiro atoms. The van der Waals surface area contributed by atoms with E-state index in [0.29, 0.717) is 17.8 Å². The van der Waals surface area contributed by atoms with Crippen LogP contribution in [-0.2, 0) is 4.74 Å². The van der Waals surface area contributed by atoms with Gasteiger partial charge in [0.1, 0.15) is 5.60 Å². The summed E-state index contributed by atoms with van der Waals surface area (Å²) in [4.78, 5) is 14.5. The van der Waals surface area contributed by atoms with Crippen molar-refractivity contribution < 1.29 is 9.53 Å². The summed E-state index contributed by atoms with van der Waals surface area (Å²) in [7, 11) is 0. The fourth-order valence-corrected chi connectivity index (χ4v) is 3.93. The van der Waals surface area contributed by atoms with Crippen LogP contribution in [0.3, 0.4) is 0 Å². The predicted octanol–water partition coefficient (Wildman–Crippen LogP) is 3.25. The fourth-order valence-electron chi connectivity index (χ4n) is 3.93. The van der Waals surface area contributed by atoms with Crippen LogP contribution in [0.5, 0.6) is 0 Å². The van der Waals surface area contributed by atoms with Crippen LogP contribution in [0.4, 0.5) is 4.79 Å². The molecule has 2 heterocycles. The van der Waals surface area contributed by atoms with Crippen molar-refractivity contribution in [2.24, 2.45) is 11.8 Å². The average molecular weight is 316 g/mol. The molecule has 2 aliphatic heterocycles. The molecule has 4 heteroatoms. The average Bonchev–Trinajstić information content (AvgIpc) is 2.53. The van der Waals surface area contributed by atoms with E-state index >= 15 is 0 Å². The lowest BCUT2D eigenvalue weighted by molar-refractivity contribution is 0.00219. The summed E-state index contributed by atoms with van der Waals surface area (Å²) in [6.45, 7) is 9.41. The highest BCUT2D eigenvalue weighted by Crippen LogP contribution is 2.39. The van der Waals surface area contributed by atoms with Crippen LogP contribution in [-0.4, -0.2) is 42.8 Å². The van der Waals surface area contributed by atoms with E-state index in [2.05, 4.69) is 35.6 Å². The molecule has 2 fully saturated rings. The van der Waals surface area contributed by atoms with Gasteiger partial charge in [-0.25, -0.2) is 4.79 Å². The van der Waals surface area contributed by atoms with Crippen LogP contribution in [0, 0.1) is 11.8 Å². The van der Waals surface area contributed by atoms with E-state index in [1.54, 1.807) is 0 Å². The standard InChI is InChI=1S/C19H28N2O2/c1-19(2,3)23-18(22)21-12-15-11-20-10-9-16(15)17(13-21)14-7-5-4-6-8-14/h4-8,15-17,20H,9-13H2,1-3H3. The van der Waals surface area contributed by atoms with Crippen LogP contribution in [0.1, 0.15) is 38.7 Å². The maximum Gasteiger partial charge on any atom is 0.410 e. The Bertz CT molecular complexity index is 538. The van der Waals surface area contributed by atoms with Gasteiger partial charge in [-0.3, -0.25) is 0 Å². The molecule has 23 heavy (non-hydrogen) atoms. The van der Waals surface area contributed by atoms with Crippen LogP contribution in [0.2, 0.25) is 0 Å². The highest BCUT2D eigenvalue weighted by Gasteiger charge is 2.41. The van der Waals surface area contributed by atoms with Gasteiger partial charge >= 0.3 is 6.09 Å². The molecule has 4 nitrogen and oxygen atoms in total. The second-order valence-electron chi connectivity index (χ2n) is 7.82. The molecule has 0 radical (unpaired) electrons. The summed E-state index contributed by atoms with van der Waals surface area (Å²) in [6, 6.07) is 10.6. The molecular weight excluding hydrogens is 288 g/mol. The van der Waals surface area contributed by atoms with Crippen molar-refractivity contribution in [3.63, 3.8) is 0 Å². The third-order valence-electron chi connectivity index (χ3n) is 4.93. The Kier molecular flexibility index (Phi) is 4.62. The predicted molar refractivity (Wildman–Crippen MR) is 91.5 cm³/mol. The summed E-state index contributed by atoms with van der Waals surface area (Å²) in [5.41, 5.74) is 0.902. The quantitative estimate of drug-likeness (QED) is 0.865. The third kappa shape index (κ3) is 3.86. The first-order valence-corrected chi connectivity index (χ1v) is 8.67. The van der Waals surface area contributed by atoms with E-state index in [-0.39, 0.29) is 6.09 Å². The van der Waals surface area contributed by atoms with E-state index in [4.69, 9.17) is 4.74 Å². The molecule has 1 N–H and O–H groups in total. The minimum absolute atomic E-state index is 0.178. The second-order valence-corrected chi connectivity index (χ2v) is 7.82. The SMILES string of the molecule is CC(C)(C)OC(=O)N1CC2CNCCC2C(c2ccccc2)C1. The Labute approximate surface area is 139 Å². The zero-order valence-electron chi connectivity index (χ0n) is 14.4. The van der Waals surface area contributed by atoms with E-state index in [9.17, 15) is 4.79 Å². The number of rotatable bonds is 1. The van der Waals surface area contributed by atoms with Gasteiger partial charge in [-0.15, -0.1) is 0 Å². The van der Waals surface area contributed by atoms with Gasteiger partial charge in [0.25, 0.3) is 0 Å². The number of hydrogen-bond acceptors (Lipinski definition) is 3. The fraction of sp³-hybridized carbons (Fsp3) is 0.632. The molecule has 1 aromatic rings. The number of likely N-dealkylation sites (tertiary alicyclic amines) is 1. The van der Waals surface area contributed by atoms with Crippen LogP contribution >= 0.6 is 0 Å². The lowest BCUT2D eigenvalue weighted by atomic mass is 9.71. The van der Waals surface area contributed by atoms with Gasteiger partial charge in [0.2, 0.25) is 0 Å². The van der Waals surface area contributed by atoms with E-state index < -0.39 is 5.60 Å². The Morgan fingerprint density at radius 2 is 1.96 bits per heavy atom. The maximum atomic E-state index is 12.5. The molecule has 3 rings (SSSR count). The molecule has 0 bridgehead atoms. The first-order valence-electron chi connectivity index (χ1n) is 8.67. The minimum Gasteiger partial charge on any atom is -0.444 e. The molecular formula is C19H28N2O2. The number of ether oxygens (including phenoxy) is 1. The lowest BCUT2D eigenvalue weighted by Crippen LogP contribution is -2.54. The van der Waals surface area contributed by atoms with Gasteiger partial charge in [0, 0.05) is 19.0 Å². The molecule has 3 atom stereocenters. The number of fused-ring (bicyclic) bond motifs is 1. The van der Waals surface area contributed by atoms with Gasteiger partial charge in [-0.1, -0.05) is 30.3 Å². The number of carbonyl (C=O) groups excluding carboxylic acids is 1. The highest BCUT2D eigenvalue weighted by molar-refractivity contribution is 5.68. The largest absolute Gasteiger partial charge is 0.444 e. The number of nitrogens with one attached hydrogen (secondary N) is 1. The van der Waals surface area contributed by atoms with E-state index in [1.165, 1.54) is 12.0 Å². The Hall–Kier alpha value is -1.55. The van der Waals surface area contributed by atoms with Crippen LogP contribution in [0.15, 0.2) is 30.3 Å². The van der Waals surface area contributed by atoms with Crippen molar-refractivity contribution in [1.29, 1.82) is 0 Å². The second kappa shape index (κ2) is 6.52. The monoisotopic (exact) mass is 316 g/mol. The van der Waals surface area contributed by atoms with Gasteiger partial charge in [-0.2, -0.15) is 0 Å². The van der Waals surface area contributed by atoms with Crippen molar-refractivity contribution in [2.75, 3.05) is 26.2 Å². The number of hydrogen-bond donors (Lipinski definition) is 1. The minimum atomic E-state index is -0.443. The molecule has 126 valence electrons. The zero-order chi connectivity index (χ0) is 16.4. The normalized spacial score (nSPS) is 28.1. The van der Waals surface area contributed by atoms with Crippen molar-refractivity contribution >= 4 is 6.09 Å². The molecule has 1 aromatic carbocycles. The van der Waals surface area contributed by atoms with E-state index in [1.807, 2.05) is 25.7 Å².